The third-order valence-corrected chi connectivity index (χ3v) is 3.26. The Labute approximate surface area is 118 Å². The van der Waals surface area contributed by atoms with Crippen molar-refractivity contribution in [1.82, 2.24) is 10.1 Å². The molecular weight excluding hydrogens is 270 g/mol. The van der Waals surface area contributed by atoms with Gasteiger partial charge in [0.1, 0.15) is 5.76 Å². The van der Waals surface area contributed by atoms with Gasteiger partial charge in [-0.15, -0.1) is 12.4 Å². The summed E-state index contributed by atoms with van der Waals surface area (Å²) in [7, 11) is 0. The lowest BCUT2D eigenvalue weighted by Crippen LogP contribution is -2.48. The van der Waals surface area contributed by atoms with Crippen LogP contribution in [0.5, 0.6) is 0 Å². The van der Waals surface area contributed by atoms with Crippen molar-refractivity contribution in [2.24, 2.45) is 5.73 Å². The highest BCUT2D eigenvalue weighted by molar-refractivity contribution is 5.85. The summed E-state index contributed by atoms with van der Waals surface area (Å²) in [5.74, 6) is 0.788. The standard InChI is InChI=1S/C12H19N3O3.ClH/c1-8-11(9(2)18-14-8)5-12(16)15-3-4-17-10(6-13)7-15;/h10H,3-7,13H2,1-2H3;1H. The molecule has 0 radical (unpaired) electrons. The van der Waals surface area contributed by atoms with E-state index in [9.17, 15) is 4.79 Å². The van der Waals surface area contributed by atoms with E-state index in [4.69, 9.17) is 15.0 Å². The van der Waals surface area contributed by atoms with Gasteiger partial charge in [0.25, 0.3) is 0 Å². The van der Waals surface area contributed by atoms with Crippen LogP contribution in [0.4, 0.5) is 0 Å². The molecule has 1 amide bonds. The molecule has 0 aromatic carbocycles. The highest BCUT2D eigenvalue weighted by atomic mass is 35.5. The van der Waals surface area contributed by atoms with E-state index >= 15 is 0 Å². The minimum Gasteiger partial charge on any atom is -0.373 e. The Hall–Kier alpha value is -1.11. The van der Waals surface area contributed by atoms with Crippen LogP contribution in [0.3, 0.4) is 0 Å². The van der Waals surface area contributed by atoms with Gasteiger partial charge in [0.15, 0.2) is 0 Å². The maximum Gasteiger partial charge on any atom is 0.227 e. The van der Waals surface area contributed by atoms with Gasteiger partial charge in [-0.25, -0.2) is 0 Å². The Morgan fingerprint density at radius 2 is 2.26 bits per heavy atom. The van der Waals surface area contributed by atoms with E-state index in [1.165, 1.54) is 0 Å². The predicted molar refractivity (Wildman–Crippen MR) is 72.3 cm³/mol. The smallest absolute Gasteiger partial charge is 0.227 e. The van der Waals surface area contributed by atoms with E-state index in [1.54, 1.807) is 4.90 Å². The number of morpholine rings is 1. The first-order valence-corrected chi connectivity index (χ1v) is 6.13. The van der Waals surface area contributed by atoms with E-state index in [1.807, 2.05) is 13.8 Å². The van der Waals surface area contributed by atoms with Crippen LogP contribution >= 0.6 is 12.4 Å². The lowest BCUT2D eigenvalue weighted by Gasteiger charge is -2.32. The molecule has 6 nitrogen and oxygen atoms in total. The Balaban J connectivity index is 0.00000180. The van der Waals surface area contributed by atoms with Crippen molar-refractivity contribution in [3.63, 3.8) is 0 Å². The number of aromatic nitrogens is 1. The lowest BCUT2D eigenvalue weighted by molar-refractivity contribution is -0.137. The van der Waals surface area contributed by atoms with Crippen molar-refractivity contribution in [3.05, 3.63) is 17.0 Å². The van der Waals surface area contributed by atoms with Crippen molar-refractivity contribution >= 4 is 18.3 Å². The summed E-state index contributed by atoms with van der Waals surface area (Å²) in [6.45, 7) is 5.85. The summed E-state index contributed by atoms with van der Waals surface area (Å²) < 4.78 is 10.5. The Kier molecular flexibility index (Phi) is 5.78. The minimum atomic E-state index is -0.0487. The molecule has 0 aliphatic carbocycles. The van der Waals surface area contributed by atoms with Crippen LogP contribution in [0.2, 0.25) is 0 Å². The van der Waals surface area contributed by atoms with Crippen LogP contribution in [0.25, 0.3) is 0 Å². The Morgan fingerprint density at radius 3 is 2.84 bits per heavy atom. The number of rotatable bonds is 3. The van der Waals surface area contributed by atoms with Crippen LogP contribution in [-0.2, 0) is 16.0 Å². The van der Waals surface area contributed by atoms with Gasteiger partial charge < -0.3 is 19.9 Å². The molecule has 0 bridgehead atoms. The predicted octanol–water partition coefficient (Wildman–Crippen LogP) is 0.442. The van der Waals surface area contributed by atoms with E-state index in [2.05, 4.69) is 5.16 Å². The summed E-state index contributed by atoms with van der Waals surface area (Å²) in [6.07, 6.45) is 0.283. The lowest BCUT2D eigenvalue weighted by atomic mass is 10.1. The molecule has 108 valence electrons. The van der Waals surface area contributed by atoms with Crippen LogP contribution in [0.15, 0.2) is 4.52 Å². The fourth-order valence-corrected chi connectivity index (χ4v) is 2.11. The van der Waals surface area contributed by atoms with Crippen LogP contribution in [0, 0.1) is 13.8 Å². The minimum absolute atomic E-state index is 0. The second-order valence-electron chi connectivity index (χ2n) is 4.55. The van der Waals surface area contributed by atoms with Gasteiger partial charge in [0, 0.05) is 25.2 Å². The Morgan fingerprint density at radius 1 is 1.53 bits per heavy atom. The van der Waals surface area contributed by atoms with Crippen molar-refractivity contribution < 1.29 is 14.1 Å². The van der Waals surface area contributed by atoms with Gasteiger partial charge in [-0.3, -0.25) is 4.79 Å². The highest BCUT2D eigenvalue weighted by Gasteiger charge is 2.24. The average molecular weight is 290 g/mol. The Bertz CT molecular complexity index is 416. The molecular formula is C12H20ClN3O3. The van der Waals surface area contributed by atoms with Gasteiger partial charge in [-0.05, 0) is 13.8 Å². The van der Waals surface area contributed by atoms with Gasteiger partial charge in [0.2, 0.25) is 5.91 Å². The monoisotopic (exact) mass is 289 g/mol. The molecule has 1 aromatic heterocycles. The van der Waals surface area contributed by atoms with Gasteiger partial charge in [0.05, 0.1) is 24.8 Å². The van der Waals surface area contributed by atoms with Crippen molar-refractivity contribution in [2.45, 2.75) is 26.4 Å². The second kappa shape index (κ2) is 6.88. The van der Waals surface area contributed by atoms with Crippen LogP contribution in [0.1, 0.15) is 17.0 Å². The van der Waals surface area contributed by atoms with E-state index < -0.39 is 0 Å². The molecule has 2 N–H and O–H groups in total. The first-order valence-electron chi connectivity index (χ1n) is 6.13. The van der Waals surface area contributed by atoms with Gasteiger partial charge >= 0.3 is 0 Å². The fraction of sp³-hybridized carbons (Fsp3) is 0.667. The zero-order valence-corrected chi connectivity index (χ0v) is 12.0. The number of nitrogens with two attached hydrogens (primary N) is 1. The highest BCUT2D eigenvalue weighted by Crippen LogP contribution is 2.15. The van der Waals surface area contributed by atoms with Crippen molar-refractivity contribution in [1.29, 1.82) is 0 Å². The number of carbonyl (C=O) groups is 1. The number of ether oxygens (including phenoxy) is 1. The molecule has 2 heterocycles. The molecule has 19 heavy (non-hydrogen) atoms. The zero-order chi connectivity index (χ0) is 13.1. The number of carbonyl (C=O) groups excluding carboxylic acids is 1. The fourth-order valence-electron chi connectivity index (χ4n) is 2.11. The average Bonchev–Trinajstić information content (AvgIpc) is 2.70. The summed E-state index contributed by atoms with van der Waals surface area (Å²) in [5, 5.41) is 3.86. The van der Waals surface area contributed by atoms with Crippen molar-refractivity contribution in [3.8, 4) is 0 Å². The number of aryl methyl sites for hydroxylation is 2. The molecule has 1 aromatic rings. The van der Waals surface area contributed by atoms with Gasteiger partial charge in [-0.2, -0.15) is 0 Å². The zero-order valence-electron chi connectivity index (χ0n) is 11.2. The summed E-state index contributed by atoms with van der Waals surface area (Å²) >= 11 is 0. The molecule has 7 heteroatoms. The molecule has 1 atom stereocenters. The number of halogens is 1. The quantitative estimate of drug-likeness (QED) is 0.873. The van der Waals surface area contributed by atoms with Gasteiger partial charge in [-0.1, -0.05) is 5.16 Å². The summed E-state index contributed by atoms with van der Waals surface area (Å²) in [5.41, 5.74) is 7.23. The molecule has 1 aliphatic heterocycles. The number of amides is 1. The first kappa shape index (κ1) is 15.9. The summed E-state index contributed by atoms with van der Waals surface area (Å²) in [6, 6.07) is 0. The molecule has 1 saturated heterocycles. The third-order valence-electron chi connectivity index (χ3n) is 3.26. The number of hydrogen-bond donors (Lipinski definition) is 1. The van der Waals surface area contributed by atoms with Crippen molar-refractivity contribution in [2.75, 3.05) is 26.2 Å². The number of hydrogen-bond acceptors (Lipinski definition) is 5. The van der Waals surface area contributed by atoms with E-state index in [0.29, 0.717) is 38.4 Å². The first-order chi connectivity index (χ1) is 8.61. The molecule has 1 unspecified atom stereocenters. The largest absolute Gasteiger partial charge is 0.373 e. The maximum atomic E-state index is 12.2. The molecule has 1 fully saturated rings. The van der Waals surface area contributed by atoms with Crippen LogP contribution in [-0.4, -0.2) is 48.3 Å². The molecule has 2 rings (SSSR count). The summed E-state index contributed by atoms with van der Waals surface area (Å²) in [4.78, 5) is 14.0. The van der Waals surface area contributed by atoms with Crippen LogP contribution < -0.4 is 5.73 Å². The third kappa shape index (κ3) is 3.68. The number of nitrogens with zero attached hydrogens (tertiary/aromatic N) is 2. The SMILES string of the molecule is Cc1noc(C)c1CC(=O)N1CCOC(CN)C1.Cl. The normalized spacial score (nSPS) is 19.1. The van der Waals surface area contributed by atoms with E-state index in [0.717, 1.165) is 11.3 Å². The maximum absolute atomic E-state index is 12.2. The van der Waals surface area contributed by atoms with E-state index in [-0.39, 0.29) is 24.4 Å². The molecule has 1 aliphatic rings. The second-order valence-corrected chi connectivity index (χ2v) is 4.55. The molecule has 0 saturated carbocycles. The topological polar surface area (TPSA) is 81.6 Å². The molecule has 0 spiro atoms.